The molecule has 1 aromatic carbocycles. The van der Waals surface area contributed by atoms with Crippen LogP contribution >= 0.6 is 11.6 Å². The lowest BCUT2D eigenvalue weighted by Crippen LogP contribution is -2.51. The molecule has 214 valence electrons. The minimum absolute atomic E-state index is 0.0710. The average molecular weight is 557 g/mol. The molecule has 13 heteroatoms. The van der Waals surface area contributed by atoms with Crippen molar-refractivity contribution < 1.29 is 28.7 Å². The number of alkyl carbamates (subject to hydrolysis) is 2. The number of unbranched alkanes of at least 4 members (excludes halogenated alkanes) is 1. The van der Waals surface area contributed by atoms with E-state index < -0.39 is 29.9 Å². The zero-order valence-electron chi connectivity index (χ0n) is 22.7. The van der Waals surface area contributed by atoms with Crippen LogP contribution in [0.25, 0.3) is 0 Å². The van der Waals surface area contributed by atoms with Crippen LogP contribution in [0.4, 0.5) is 19.2 Å². The molecule has 0 bridgehead atoms. The Hall–Kier alpha value is -3.41. The van der Waals surface area contributed by atoms with E-state index in [0.29, 0.717) is 36.4 Å². The third-order valence-electron chi connectivity index (χ3n) is 4.97. The standard InChI is InChI=1S/C25H41ClN6O6/c1-17(14-29-21(33)27-5)31-22(34)30-15-19(32-24(36)38-25(2,3)4)11-8-9-13-28-23(35)37-16-18-10-6-7-12-20(18)26/h6-7,10,12,17,19H,8-9,11,13-16H2,1-5H3,(H,28,35)(H,32,36)(H2,27,29,33)(H2,30,31,34)/t17-,19-/m0/s1. The number of ether oxygens (including phenoxy) is 2. The van der Waals surface area contributed by atoms with Gasteiger partial charge in [0.1, 0.15) is 12.2 Å². The topological polar surface area (TPSA) is 159 Å². The molecule has 12 nitrogen and oxygen atoms in total. The number of carbonyl (C=O) groups excluding carboxylic acids is 4. The van der Waals surface area contributed by atoms with Gasteiger partial charge in [0, 0.05) is 49.4 Å². The van der Waals surface area contributed by atoms with Crippen molar-refractivity contribution in [1.82, 2.24) is 31.9 Å². The number of hydrogen-bond acceptors (Lipinski definition) is 6. The van der Waals surface area contributed by atoms with E-state index in [0.717, 1.165) is 0 Å². The largest absolute Gasteiger partial charge is 0.445 e. The van der Waals surface area contributed by atoms with Gasteiger partial charge in [-0.3, -0.25) is 0 Å². The summed E-state index contributed by atoms with van der Waals surface area (Å²) in [5.74, 6) is 0. The van der Waals surface area contributed by atoms with E-state index in [1.54, 1.807) is 45.9 Å². The molecule has 0 saturated heterocycles. The van der Waals surface area contributed by atoms with Crippen LogP contribution in [0.5, 0.6) is 0 Å². The van der Waals surface area contributed by atoms with Gasteiger partial charge in [-0.2, -0.15) is 0 Å². The van der Waals surface area contributed by atoms with Crippen LogP contribution in [0.15, 0.2) is 24.3 Å². The third kappa shape index (κ3) is 15.6. The molecule has 0 fully saturated rings. The van der Waals surface area contributed by atoms with Gasteiger partial charge in [-0.25, -0.2) is 19.2 Å². The van der Waals surface area contributed by atoms with E-state index in [-0.39, 0.29) is 31.8 Å². The molecule has 0 heterocycles. The fraction of sp³-hybridized carbons (Fsp3) is 0.600. The Morgan fingerprint density at radius 1 is 0.921 bits per heavy atom. The molecule has 1 aromatic rings. The Morgan fingerprint density at radius 3 is 2.26 bits per heavy atom. The van der Waals surface area contributed by atoms with Gasteiger partial charge in [0.25, 0.3) is 0 Å². The summed E-state index contributed by atoms with van der Waals surface area (Å²) in [5.41, 5.74) is 0.0509. The van der Waals surface area contributed by atoms with Crippen molar-refractivity contribution in [3.63, 3.8) is 0 Å². The molecule has 1 rings (SSSR count). The van der Waals surface area contributed by atoms with E-state index in [4.69, 9.17) is 21.1 Å². The third-order valence-corrected chi connectivity index (χ3v) is 5.34. The molecular weight excluding hydrogens is 516 g/mol. The van der Waals surface area contributed by atoms with Gasteiger partial charge in [0.05, 0.1) is 0 Å². The second-order valence-electron chi connectivity index (χ2n) is 9.65. The Morgan fingerprint density at radius 2 is 1.61 bits per heavy atom. The van der Waals surface area contributed by atoms with E-state index >= 15 is 0 Å². The molecule has 2 atom stereocenters. The summed E-state index contributed by atoms with van der Waals surface area (Å²) < 4.78 is 10.5. The first-order chi connectivity index (χ1) is 17.9. The Bertz CT molecular complexity index is 911. The predicted octanol–water partition coefficient (Wildman–Crippen LogP) is 3.25. The number of benzene rings is 1. The molecule has 0 unspecified atom stereocenters. The molecule has 6 amide bonds. The van der Waals surface area contributed by atoms with Crippen LogP contribution in [0.1, 0.15) is 52.5 Å². The molecule has 0 aliphatic carbocycles. The van der Waals surface area contributed by atoms with Crippen LogP contribution in [-0.2, 0) is 16.1 Å². The van der Waals surface area contributed by atoms with Gasteiger partial charge in [0.15, 0.2) is 0 Å². The highest BCUT2D eigenvalue weighted by Gasteiger charge is 2.20. The average Bonchev–Trinajstić information content (AvgIpc) is 2.83. The zero-order chi connectivity index (χ0) is 28.6. The van der Waals surface area contributed by atoms with Crippen LogP contribution in [0.3, 0.4) is 0 Å². The van der Waals surface area contributed by atoms with Crippen molar-refractivity contribution in [2.45, 2.75) is 71.2 Å². The highest BCUT2D eigenvalue weighted by atomic mass is 35.5. The maximum absolute atomic E-state index is 12.3. The fourth-order valence-electron chi connectivity index (χ4n) is 3.09. The smallest absolute Gasteiger partial charge is 0.407 e. The number of carbonyl (C=O) groups is 4. The van der Waals surface area contributed by atoms with Crippen molar-refractivity contribution in [3.05, 3.63) is 34.9 Å². The van der Waals surface area contributed by atoms with E-state index in [1.165, 1.54) is 7.05 Å². The fourth-order valence-corrected chi connectivity index (χ4v) is 3.28. The highest BCUT2D eigenvalue weighted by molar-refractivity contribution is 6.31. The van der Waals surface area contributed by atoms with Gasteiger partial charge in [-0.15, -0.1) is 0 Å². The Kier molecular flexibility index (Phi) is 14.7. The maximum atomic E-state index is 12.3. The van der Waals surface area contributed by atoms with E-state index in [1.807, 2.05) is 6.07 Å². The number of urea groups is 2. The lowest BCUT2D eigenvalue weighted by atomic mass is 10.1. The lowest BCUT2D eigenvalue weighted by molar-refractivity contribution is 0.0501. The summed E-state index contributed by atoms with van der Waals surface area (Å²) in [7, 11) is 1.50. The molecule has 0 saturated carbocycles. The summed E-state index contributed by atoms with van der Waals surface area (Å²) >= 11 is 6.06. The quantitative estimate of drug-likeness (QED) is 0.205. The van der Waals surface area contributed by atoms with Gasteiger partial charge in [-0.05, 0) is 53.0 Å². The summed E-state index contributed by atoms with van der Waals surface area (Å²) in [6.07, 6.45) is 0.674. The van der Waals surface area contributed by atoms with Crippen molar-refractivity contribution >= 4 is 35.8 Å². The highest BCUT2D eigenvalue weighted by Crippen LogP contribution is 2.15. The molecule has 38 heavy (non-hydrogen) atoms. The maximum Gasteiger partial charge on any atom is 0.407 e. The molecule has 0 aromatic heterocycles. The van der Waals surface area contributed by atoms with E-state index in [2.05, 4.69) is 31.9 Å². The molecule has 0 aliphatic rings. The van der Waals surface area contributed by atoms with Crippen molar-refractivity contribution in [3.8, 4) is 0 Å². The predicted molar refractivity (Wildman–Crippen MR) is 145 cm³/mol. The van der Waals surface area contributed by atoms with Crippen molar-refractivity contribution in [2.75, 3.05) is 26.7 Å². The van der Waals surface area contributed by atoms with Crippen LogP contribution in [-0.4, -0.2) is 68.6 Å². The number of rotatable bonds is 13. The first-order valence-electron chi connectivity index (χ1n) is 12.5. The van der Waals surface area contributed by atoms with Gasteiger partial charge in [0.2, 0.25) is 0 Å². The molecular formula is C25H41ClN6O6. The summed E-state index contributed by atoms with van der Waals surface area (Å²) in [6, 6.07) is 5.63. The molecule has 0 spiro atoms. The number of hydrogen-bond donors (Lipinski definition) is 6. The summed E-state index contributed by atoms with van der Waals surface area (Å²) in [4.78, 5) is 47.7. The zero-order valence-corrected chi connectivity index (χ0v) is 23.5. The van der Waals surface area contributed by atoms with Crippen molar-refractivity contribution in [2.24, 2.45) is 0 Å². The lowest BCUT2D eigenvalue weighted by Gasteiger charge is -2.24. The monoisotopic (exact) mass is 556 g/mol. The first-order valence-corrected chi connectivity index (χ1v) is 12.9. The number of halogens is 1. The number of nitrogens with one attached hydrogen (secondary N) is 6. The molecule has 0 radical (unpaired) electrons. The molecule has 0 aliphatic heterocycles. The Balaban J connectivity index is 2.44. The van der Waals surface area contributed by atoms with Crippen LogP contribution < -0.4 is 31.9 Å². The van der Waals surface area contributed by atoms with Gasteiger partial charge >= 0.3 is 24.2 Å². The first kappa shape index (κ1) is 32.6. The minimum atomic E-state index is -0.666. The SMILES string of the molecule is CNC(=O)NC[C@H](C)NC(=O)NC[C@H](CCCCNC(=O)OCc1ccccc1Cl)NC(=O)OC(C)(C)C. The van der Waals surface area contributed by atoms with Gasteiger partial charge < -0.3 is 41.4 Å². The minimum Gasteiger partial charge on any atom is -0.445 e. The normalized spacial score (nSPS) is 12.4. The van der Waals surface area contributed by atoms with Crippen LogP contribution in [0, 0.1) is 0 Å². The summed E-state index contributed by atoms with van der Waals surface area (Å²) in [5, 5.41) is 16.5. The van der Waals surface area contributed by atoms with Crippen molar-refractivity contribution in [1.29, 1.82) is 0 Å². The molecule has 6 N–H and O–H groups in total. The number of amides is 6. The Labute approximate surface area is 229 Å². The summed E-state index contributed by atoms with van der Waals surface area (Å²) in [6.45, 7) is 7.90. The second kappa shape index (κ2) is 17.2. The van der Waals surface area contributed by atoms with E-state index in [9.17, 15) is 19.2 Å². The van der Waals surface area contributed by atoms with Crippen LogP contribution in [0.2, 0.25) is 5.02 Å². The second-order valence-corrected chi connectivity index (χ2v) is 10.1. The van der Waals surface area contributed by atoms with Gasteiger partial charge in [-0.1, -0.05) is 29.8 Å².